The molecule has 0 spiro atoms. The minimum Gasteiger partial charge on any atom is -0.439 e. The van der Waals surface area contributed by atoms with Gasteiger partial charge in [-0.25, -0.2) is 17.8 Å². The SMILES string of the molecule is CS(=O)(=O)CC1(CNc2nccc(Oc3ccc(F)cc3)n2)CCOCC1. The van der Waals surface area contributed by atoms with Crippen LogP contribution in [0.4, 0.5) is 10.3 Å². The maximum Gasteiger partial charge on any atom is 0.225 e. The van der Waals surface area contributed by atoms with E-state index in [0.717, 1.165) is 0 Å². The Morgan fingerprint density at radius 1 is 1.22 bits per heavy atom. The number of nitrogens with one attached hydrogen (secondary N) is 1. The quantitative estimate of drug-likeness (QED) is 0.771. The Kier molecular flexibility index (Phi) is 5.91. The highest BCUT2D eigenvalue weighted by Gasteiger charge is 2.36. The second-order valence-electron chi connectivity index (χ2n) is 6.81. The predicted molar refractivity (Wildman–Crippen MR) is 99.2 cm³/mol. The Labute approximate surface area is 157 Å². The van der Waals surface area contributed by atoms with Gasteiger partial charge in [0.15, 0.2) is 0 Å². The van der Waals surface area contributed by atoms with Gasteiger partial charge in [-0.3, -0.25) is 0 Å². The van der Waals surface area contributed by atoms with Gasteiger partial charge >= 0.3 is 0 Å². The Bertz CT molecular complexity index is 868. The first-order valence-electron chi connectivity index (χ1n) is 8.59. The molecule has 27 heavy (non-hydrogen) atoms. The molecule has 1 saturated heterocycles. The van der Waals surface area contributed by atoms with E-state index in [1.54, 1.807) is 12.3 Å². The van der Waals surface area contributed by atoms with Crippen LogP contribution in [-0.4, -0.2) is 50.2 Å². The molecular weight excluding hydrogens is 373 g/mol. The van der Waals surface area contributed by atoms with E-state index in [-0.39, 0.29) is 11.6 Å². The highest BCUT2D eigenvalue weighted by Crippen LogP contribution is 2.32. The summed E-state index contributed by atoms with van der Waals surface area (Å²) >= 11 is 0. The number of sulfone groups is 1. The van der Waals surface area contributed by atoms with Crippen molar-refractivity contribution in [2.75, 3.05) is 37.1 Å². The van der Waals surface area contributed by atoms with Crippen molar-refractivity contribution in [1.29, 1.82) is 0 Å². The Hall–Kier alpha value is -2.26. The standard InChI is InChI=1S/C18H22FN3O4S/c1-27(23,24)13-18(7-10-25-11-8-18)12-21-17-20-9-6-16(22-17)26-15-4-2-14(19)3-5-15/h2-6,9H,7-8,10-13H2,1H3,(H,20,21,22). The summed E-state index contributed by atoms with van der Waals surface area (Å²) in [4.78, 5) is 8.45. The number of hydrogen-bond donors (Lipinski definition) is 1. The average molecular weight is 395 g/mol. The maximum absolute atomic E-state index is 13.0. The monoisotopic (exact) mass is 395 g/mol. The molecule has 1 fully saturated rings. The van der Waals surface area contributed by atoms with Gasteiger partial charge in [0.05, 0.1) is 5.75 Å². The van der Waals surface area contributed by atoms with Crippen LogP contribution in [0.2, 0.25) is 0 Å². The molecule has 2 heterocycles. The largest absolute Gasteiger partial charge is 0.439 e. The molecule has 0 atom stereocenters. The smallest absolute Gasteiger partial charge is 0.225 e. The van der Waals surface area contributed by atoms with Gasteiger partial charge in [-0.15, -0.1) is 0 Å². The average Bonchev–Trinajstić information content (AvgIpc) is 2.62. The summed E-state index contributed by atoms with van der Waals surface area (Å²) in [5, 5.41) is 3.13. The van der Waals surface area contributed by atoms with Crippen molar-refractivity contribution in [1.82, 2.24) is 9.97 Å². The Morgan fingerprint density at radius 2 is 1.93 bits per heavy atom. The van der Waals surface area contributed by atoms with E-state index in [1.165, 1.54) is 30.5 Å². The minimum absolute atomic E-state index is 0.0854. The van der Waals surface area contributed by atoms with Gasteiger partial charge in [0.2, 0.25) is 11.8 Å². The zero-order valence-corrected chi connectivity index (χ0v) is 15.8. The molecule has 1 aliphatic rings. The second kappa shape index (κ2) is 8.18. The lowest BCUT2D eigenvalue weighted by atomic mass is 9.82. The molecule has 1 aromatic carbocycles. The molecule has 0 radical (unpaired) electrons. The first kappa shape index (κ1) is 19.5. The van der Waals surface area contributed by atoms with Gasteiger partial charge in [0, 0.05) is 43.7 Å². The van der Waals surface area contributed by atoms with E-state index in [4.69, 9.17) is 9.47 Å². The van der Waals surface area contributed by atoms with E-state index >= 15 is 0 Å². The van der Waals surface area contributed by atoms with Gasteiger partial charge in [-0.1, -0.05) is 0 Å². The fraction of sp³-hybridized carbons (Fsp3) is 0.444. The van der Waals surface area contributed by atoms with Crippen molar-refractivity contribution in [3.05, 3.63) is 42.3 Å². The molecule has 0 aliphatic carbocycles. The Balaban J connectivity index is 1.68. The van der Waals surface area contributed by atoms with Crippen molar-refractivity contribution >= 4 is 15.8 Å². The van der Waals surface area contributed by atoms with E-state index < -0.39 is 15.3 Å². The van der Waals surface area contributed by atoms with Crippen LogP contribution in [0.5, 0.6) is 11.6 Å². The molecule has 0 saturated carbocycles. The van der Waals surface area contributed by atoms with E-state index in [2.05, 4.69) is 15.3 Å². The van der Waals surface area contributed by atoms with Gasteiger partial charge in [0.1, 0.15) is 21.4 Å². The number of aromatic nitrogens is 2. The van der Waals surface area contributed by atoms with Crippen LogP contribution in [-0.2, 0) is 14.6 Å². The number of halogens is 1. The van der Waals surface area contributed by atoms with Crippen LogP contribution in [0, 0.1) is 11.2 Å². The van der Waals surface area contributed by atoms with E-state index in [0.29, 0.717) is 50.2 Å². The van der Waals surface area contributed by atoms with E-state index in [9.17, 15) is 12.8 Å². The summed E-state index contributed by atoms with van der Waals surface area (Å²) in [6, 6.07) is 7.21. The summed E-state index contributed by atoms with van der Waals surface area (Å²) in [7, 11) is -3.13. The summed E-state index contributed by atoms with van der Waals surface area (Å²) in [5.74, 6) is 0.846. The van der Waals surface area contributed by atoms with Crippen LogP contribution in [0.3, 0.4) is 0 Å². The molecule has 7 nitrogen and oxygen atoms in total. The molecule has 1 aliphatic heterocycles. The third-order valence-electron chi connectivity index (χ3n) is 4.41. The molecule has 0 amide bonds. The van der Waals surface area contributed by atoms with Gasteiger partial charge < -0.3 is 14.8 Å². The normalized spacial score (nSPS) is 16.7. The lowest BCUT2D eigenvalue weighted by Gasteiger charge is -2.36. The van der Waals surface area contributed by atoms with Crippen LogP contribution >= 0.6 is 0 Å². The summed E-state index contributed by atoms with van der Waals surface area (Å²) in [6.45, 7) is 1.49. The lowest BCUT2D eigenvalue weighted by molar-refractivity contribution is 0.0314. The number of ether oxygens (including phenoxy) is 2. The van der Waals surface area contributed by atoms with Crippen molar-refractivity contribution < 1.29 is 22.3 Å². The topological polar surface area (TPSA) is 90.4 Å². The molecule has 2 aromatic rings. The zero-order chi connectivity index (χ0) is 19.3. The van der Waals surface area contributed by atoms with Crippen LogP contribution in [0.15, 0.2) is 36.5 Å². The molecule has 9 heteroatoms. The number of rotatable bonds is 7. The minimum atomic E-state index is -3.13. The van der Waals surface area contributed by atoms with Gasteiger partial charge in [-0.2, -0.15) is 4.98 Å². The van der Waals surface area contributed by atoms with Crippen molar-refractivity contribution in [2.45, 2.75) is 12.8 Å². The van der Waals surface area contributed by atoms with Gasteiger partial charge in [-0.05, 0) is 37.1 Å². The maximum atomic E-state index is 13.0. The first-order chi connectivity index (χ1) is 12.8. The summed E-state index contributed by atoms with van der Waals surface area (Å²) in [6.07, 6.45) is 4.09. The molecule has 0 bridgehead atoms. The number of anilines is 1. The van der Waals surface area contributed by atoms with Crippen molar-refractivity contribution in [3.8, 4) is 11.6 Å². The molecule has 3 rings (SSSR count). The van der Waals surface area contributed by atoms with Crippen molar-refractivity contribution in [2.24, 2.45) is 5.41 Å². The van der Waals surface area contributed by atoms with Crippen LogP contribution in [0.1, 0.15) is 12.8 Å². The highest BCUT2D eigenvalue weighted by molar-refractivity contribution is 7.90. The Morgan fingerprint density at radius 3 is 2.59 bits per heavy atom. The molecule has 1 N–H and O–H groups in total. The first-order valence-corrected chi connectivity index (χ1v) is 10.7. The zero-order valence-electron chi connectivity index (χ0n) is 15.0. The number of benzene rings is 1. The number of nitrogens with zero attached hydrogens (tertiary/aromatic N) is 2. The molecular formula is C18H22FN3O4S. The van der Waals surface area contributed by atoms with Crippen LogP contribution in [0.25, 0.3) is 0 Å². The molecule has 1 aromatic heterocycles. The second-order valence-corrected chi connectivity index (χ2v) is 8.95. The fourth-order valence-corrected chi connectivity index (χ4v) is 4.61. The fourth-order valence-electron chi connectivity index (χ4n) is 3.11. The van der Waals surface area contributed by atoms with E-state index in [1.807, 2.05) is 0 Å². The summed E-state index contributed by atoms with van der Waals surface area (Å²) < 4.78 is 47.7. The van der Waals surface area contributed by atoms with Crippen LogP contribution < -0.4 is 10.1 Å². The predicted octanol–water partition coefficient (Wildman–Crippen LogP) is 2.66. The highest BCUT2D eigenvalue weighted by atomic mass is 32.2. The van der Waals surface area contributed by atoms with Crippen molar-refractivity contribution in [3.63, 3.8) is 0 Å². The molecule has 0 unspecified atom stereocenters. The molecule has 146 valence electrons. The third kappa shape index (κ3) is 5.86. The number of hydrogen-bond acceptors (Lipinski definition) is 7. The lowest BCUT2D eigenvalue weighted by Crippen LogP contribution is -2.41. The summed E-state index contributed by atoms with van der Waals surface area (Å²) in [5.41, 5.74) is -0.414. The van der Waals surface area contributed by atoms with Gasteiger partial charge in [0.25, 0.3) is 0 Å². The third-order valence-corrected chi connectivity index (χ3v) is 5.55.